The molecule has 0 unspecified atom stereocenters. The van der Waals surface area contributed by atoms with Crippen LogP contribution in [0.25, 0.3) is 0 Å². The van der Waals surface area contributed by atoms with Crippen molar-refractivity contribution >= 4 is 11.8 Å². The number of hydrogen-bond acceptors (Lipinski definition) is 4. The molecule has 3 nitrogen and oxygen atoms in total. The van der Waals surface area contributed by atoms with Gasteiger partial charge in [0.2, 0.25) is 0 Å². The zero-order valence-electron chi connectivity index (χ0n) is 7.86. The van der Waals surface area contributed by atoms with Gasteiger partial charge in [0, 0.05) is 12.3 Å². The molecule has 0 radical (unpaired) electrons. The molecule has 1 saturated carbocycles. The number of aromatic nitrogens is 1. The lowest BCUT2D eigenvalue weighted by Gasteiger charge is -2.07. The van der Waals surface area contributed by atoms with Crippen molar-refractivity contribution in [3.63, 3.8) is 0 Å². The second-order valence-electron chi connectivity index (χ2n) is 3.16. The Labute approximate surface area is 87.1 Å². The van der Waals surface area contributed by atoms with Crippen molar-refractivity contribution in [1.82, 2.24) is 4.98 Å². The summed E-state index contributed by atoms with van der Waals surface area (Å²) in [6, 6.07) is 3.82. The number of pyridine rings is 1. The van der Waals surface area contributed by atoms with E-state index >= 15 is 0 Å². The van der Waals surface area contributed by atoms with E-state index in [1.54, 1.807) is 12.3 Å². The van der Waals surface area contributed by atoms with Gasteiger partial charge in [-0.1, -0.05) is 0 Å². The summed E-state index contributed by atoms with van der Waals surface area (Å²) >= 11 is 1.54. The van der Waals surface area contributed by atoms with Crippen molar-refractivity contribution in [3.8, 4) is 11.8 Å². The zero-order valence-corrected chi connectivity index (χ0v) is 8.67. The molecule has 0 saturated heterocycles. The van der Waals surface area contributed by atoms with Gasteiger partial charge < -0.3 is 4.74 Å². The Balaban J connectivity index is 2.27. The lowest BCUT2D eigenvalue weighted by atomic mass is 10.3. The summed E-state index contributed by atoms with van der Waals surface area (Å²) in [4.78, 5) is 4.16. The Kier molecular flexibility index (Phi) is 2.60. The van der Waals surface area contributed by atoms with Crippen LogP contribution in [0.15, 0.2) is 17.3 Å². The van der Waals surface area contributed by atoms with Gasteiger partial charge in [-0.3, -0.25) is 0 Å². The summed E-state index contributed by atoms with van der Waals surface area (Å²) in [6.07, 6.45) is 6.10. The van der Waals surface area contributed by atoms with E-state index < -0.39 is 0 Å². The lowest BCUT2D eigenvalue weighted by Crippen LogP contribution is -1.99. The number of hydrogen-bond donors (Lipinski definition) is 0. The Hall–Kier alpha value is -1.21. The number of rotatable bonds is 3. The second kappa shape index (κ2) is 3.89. The van der Waals surface area contributed by atoms with E-state index in [0.717, 1.165) is 23.6 Å². The highest BCUT2D eigenvalue weighted by atomic mass is 32.2. The quantitative estimate of drug-likeness (QED) is 0.711. The molecule has 1 aliphatic rings. The summed E-state index contributed by atoms with van der Waals surface area (Å²) in [5.41, 5.74) is 0.554. The van der Waals surface area contributed by atoms with Crippen molar-refractivity contribution in [2.45, 2.75) is 24.0 Å². The first-order valence-corrected chi connectivity index (χ1v) is 5.66. The molecule has 0 bridgehead atoms. The predicted molar refractivity (Wildman–Crippen MR) is 54.4 cm³/mol. The SMILES string of the molecule is CSc1ncc(C#N)cc1OC1CC1. The number of ether oxygens (including phenoxy) is 1. The third-order valence-corrected chi connectivity index (χ3v) is 2.65. The fraction of sp³-hybridized carbons (Fsp3) is 0.400. The van der Waals surface area contributed by atoms with Crippen LogP contribution < -0.4 is 4.74 Å². The summed E-state index contributed by atoms with van der Waals surface area (Å²) < 4.78 is 5.66. The zero-order chi connectivity index (χ0) is 9.97. The van der Waals surface area contributed by atoms with E-state index in [0.29, 0.717) is 11.7 Å². The Bertz CT molecular complexity index is 382. The number of nitrogens with zero attached hydrogens (tertiary/aromatic N) is 2. The first kappa shape index (κ1) is 9.35. The van der Waals surface area contributed by atoms with Gasteiger partial charge in [0.25, 0.3) is 0 Å². The van der Waals surface area contributed by atoms with E-state index in [-0.39, 0.29) is 0 Å². The molecule has 14 heavy (non-hydrogen) atoms. The Morgan fingerprint density at radius 1 is 1.64 bits per heavy atom. The molecule has 1 fully saturated rings. The summed E-state index contributed by atoms with van der Waals surface area (Å²) in [5, 5.41) is 9.58. The van der Waals surface area contributed by atoms with Crippen molar-refractivity contribution in [1.29, 1.82) is 5.26 Å². The van der Waals surface area contributed by atoms with Crippen LogP contribution in [-0.4, -0.2) is 17.3 Å². The molecule has 0 N–H and O–H groups in total. The first-order chi connectivity index (χ1) is 6.83. The van der Waals surface area contributed by atoms with Gasteiger partial charge in [0.15, 0.2) is 5.75 Å². The molecule has 4 heteroatoms. The summed E-state index contributed by atoms with van der Waals surface area (Å²) in [5.74, 6) is 0.749. The third-order valence-electron chi connectivity index (χ3n) is 1.96. The fourth-order valence-corrected chi connectivity index (χ4v) is 1.56. The average molecular weight is 206 g/mol. The van der Waals surface area contributed by atoms with Crippen LogP contribution in [0, 0.1) is 11.3 Å². The fourth-order valence-electron chi connectivity index (χ4n) is 1.10. The minimum absolute atomic E-state index is 0.344. The molecule has 1 aromatic rings. The van der Waals surface area contributed by atoms with E-state index in [2.05, 4.69) is 11.1 Å². The van der Waals surface area contributed by atoms with Crippen molar-refractivity contribution in [3.05, 3.63) is 17.8 Å². The molecule has 0 atom stereocenters. The largest absolute Gasteiger partial charge is 0.488 e. The Morgan fingerprint density at radius 2 is 2.43 bits per heavy atom. The van der Waals surface area contributed by atoms with Crippen LogP contribution in [0.2, 0.25) is 0 Å². The van der Waals surface area contributed by atoms with Gasteiger partial charge in [-0.15, -0.1) is 11.8 Å². The Morgan fingerprint density at radius 3 is 3.00 bits per heavy atom. The summed E-state index contributed by atoms with van der Waals surface area (Å²) in [6.45, 7) is 0. The maximum Gasteiger partial charge on any atom is 0.153 e. The molecule has 72 valence electrons. The molecular weight excluding hydrogens is 196 g/mol. The van der Waals surface area contributed by atoms with Crippen LogP contribution in [0.1, 0.15) is 18.4 Å². The first-order valence-electron chi connectivity index (χ1n) is 4.44. The maximum atomic E-state index is 8.72. The van der Waals surface area contributed by atoms with Crippen molar-refractivity contribution < 1.29 is 4.74 Å². The maximum absolute atomic E-state index is 8.72. The molecule has 1 aliphatic carbocycles. The summed E-state index contributed by atoms with van der Waals surface area (Å²) in [7, 11) is 0. The van der Waals surface area contributed by atoms with Gasteiger partial charge in [-0.2, -0.15) is 5.26 Å². The monoisotopic (exact) mass is 206 g/mol. The van der Waals surface area contributed by atoms with Gasteiger partial charge in [-0.25, -0.2) is 4.98 Å². The van der Waals surface area contributed by atoms with Gasteiger partial charge in [0.05, 0.1) is 11.7 Å². The van der Waals surface area contributed by atoms with Crippen molar-refractivity contribution in [2.24, 2.45) is 0 Å². The molecule has 1 aromatic heterocycles. The highest BCUT2D eigenvalue weighted by Gasteiger charge is 2.24. The molecule has 0 amide bonds. The lowest BCUT2D eigenvalue weighted by molar-refractivity contribution is 0.293. The molecule has 0 aromatic carbocycles. The highest BCUT2D eigenvalue weighted by molar-refractivity contribution is 7.98. The molecular formula is C10H10N2OS. The highest BCUT2D eigenvalue weighted by Crippen LogP contribution is 2.32. The normalized spacial score (nSPS) is 14.9. The van der Waals surface area contributed by atoms with E-state index in [1.165, 1.54) is 11.8 Å². The van der Waals surface area contributed by atoms with Crippen LogP contribution in [0.4, 0.5) is 0 Å². The van der Waals surface area contributed by atoms with Crippen LogP contribution in [0.3, 0.4) is 0 Å². The van der Waals surface area contributed by atoms with E-state index in [4.69, 9.17) is 10.00 Å². The van der Waals surface area contributed by atoms with Crippen molar-refractivity contribution in [2.75, 3.05) is 6.26 Å². The van der Waals surface area contributed by atoms with E-state index in [9.17, 15) is 0 Å². The van der Waals surface area contributed by atoms with Crippen LogP contribution >= 0.6 is 11.8 Å². The average Bonchev–Trinajstić information content (AvgIpc) is 3.01. The standard InChI is InChI=1S/C10H10N2OS/c1-14-10-9(13-8-2-3-8)4-7(5-11)6-12-10/h4,6,8H,2-3H2,1H3. The number of thioether (sulfide) groups is 1. The molecule has 0 spiro atoms. The van der Waals surface area contributed by atoms with Crippen LogP contribution in [0.5, 0.6) is 5.75 Å². The number of nitriles is 1. The van der Waals surface area contributed by atoms with E-state index in [1.807, 2.05) is 6.26 Å². The molecule has 1 heterocycles. The smallest absolute Gasteiger partial charge is 0.153 e. The molecule has 0 aliphatic heterocycles. The second-order valence-corrected chi connectivity index (χ2v) is 3.96. The predicted octanol–water partition coefficient (Wildman–Crippen LogP) is 2.22. The van der Waals surface area contributed by atoms with Crippen LogP contribution in [-0.2, 0) is 0 Å². The van der Waals surface area contributed by atoms with Gasteiger partial charge in [0.1, 0.15) is 11.1 Å². The minimum atomic E-state index is 0.344. The van der Waals surface area contributed by atoms with Gasteiger partial charge >= 0.3 is 0 Å². The minimum Gasteiger partial charge on any atom is -0.488 e. The topological polar surface area (TPSA) is 45.9 Å². The van der Waals surface area contributed by atoms with Gasteiger partial charge in [-0.05, 0) is 19.1 Å². The third kappa shape index (κ3) is 1.99. The molecule has 2 rings (SSSR count).